The third kappa shape index (κ3) is 34.5. The number of esters is 2. The highest BCUT2D eigenvalue weighted by molar-refractivity contribution is 5.69. The Morgan fingerprint density at radius 1 is 0.426 bits per heavy atom. The minimum atomic E-state index is -0.171. The molecule has 6 heteroatoms. The number of hydrogen-bond donors (Lipinski definition) is 0. The molecule has 280 valence electrons. The average Bonchev–Trinajstić information content (AvgIpc) is 3.07. The Hall–Kier alpha value is -1.14. The summed E-state index contributed by atoms with van der Waals surface area (Å²) >= 11 is 0. The molecule has 47 heavy (non-hydrogen) atoms. The van der Waals surface area contributed by atoms with Crippen molar-refractivity contribution < 1.29 is 28.5 Å². The van der Waals surface area contributed by atoms with E-state index < -0.39 is 0 Å². The summed E-state index contributed by atoms with van der Waals surface area (Å²) in [6.45, 7) is 11.0. The predicted octanol–water partition coefficient (Wildman–Crippen LogP) is 12.2. The maximum absolute atomic E-state index is 12.6. The zero-order chi connectivity index (χ0) is 34.5. The highest BCUT2D eigenvalue weighted by Gasteiger charge is 2.15. The summed E-state index contributed by atoms with van der Waals surface area (Å²) in [4.78, 5) is 24.8. The Balaban J connectivity index is 4.00. The van der Waals surface area contributed by atoms with Gasteiger partial charge in [-0.25, -0.2) is 0 Å². The molecule has 6 nitrogen and oxygen atoms in total. The van der Waals surface area contributed by atoms with Gasteiger partial charge in [-0.15, -0.1) is 0 Å². The van der Waals surface area contributed by atoms with Crippen molar-refractivity contribution in [3.8, 4) is 0 Å². The Morgan fingerprint density at radius 2 is 0.851 bits per heavy atom. The number of ether oxygens (including phenoxy) is 4. The Morgan fingerprint density at radius 3 is 1.38 bits per heavy atom. The monoisotopic (exact) mass is 669 g/mol. The topological polar surface area (TPSA) is 71.1 Å². The first-order valence-corrected chi connectivity index (χ1v) is 20.6. The van der Waals surface area contributed by atoms with Crippen LogP contribution in [0.3, 0.4) is 0 Å². The number of carbonyl (C=O) groups is 2. The van der Waals surface area contributed by atoms with Gasteiger partial charge in [-0.3, -0.25) is 9.59 Å². The van der Waals surface area contributed by atoms with Gasteiger partial charge in [0.05, 0.1) is 6.61 Å². The molecule has 0 heterocycles. The van der Waals surface area contributed by atoms with Crippen molar-refractivity contribution in [3.63, 3.8) is 0 Å². The second-order valence-corrected chi connectivity index (χ2v) is 13.9. The van der Waals surface area contributed by atoms with Crippen LogP contribution >= 0.6 is 0 Å². The van der Waals surface area contributed by atoms with Crippen molar-refractivity contribution in [3.05, 3.63) is 0 Å². The fourth-order valence-electron chi connectivity index (χ4n) is 5.85. The van der Waals surface area contributed by atoms with Gasteiger partial charge in [0.1, 0.15) is 18.8 Å². The summed E-state index contributed by atoms with van der Waals surface area (Å²) in [6.07, 6.45) is 32.7. The molecule has 0 radical (unpaired) electrons. The maximum atomic E-state index is 12.6. The number of unbranched alkanes of at least 4 members (excludes halogenated alkanes) is 20. The van der Waals surface area contributed by atoms with Crippen molar-refractivity contribution in [2.24, 2.45) is 0 Å². The van der Waals surface area contributed by atoms with Crippen LogP contribution in [-0.4, -0.2) is 50.6 Å². The van der Waals surface area contributed by atoms with E-state index in [0.717, 1.165) is 90.1 Å². The van der Waals surface area contributed by atoms with Crippen LogP contribution in [0.2, 0.25) is 0 Å². The van der Waals surface area contributed by atoms with Crippen molar-refractivity contribution >= 4 is 11.9 Å². The van der Waals surface area contributed by atoms with Crippen LogP contribution < -0.4 is 0 Å². The van der Waals surface area contributed by atoms with Crippen molar-refractivity contribution in [1.29, 1.82) is 0 Å². The van der Waals surface area contributed by atoms with Gasteiger partial charge >= 0.3 is 11.9 Å². The smallest absolute Gasteiger partial charge is 0.306 e. The van der Waals surface area contributed by atoms with E-state index in [1.54, 1.807) is 0 Å². The van der Waals surface area contributed by atoms with Crippen LogP contribution in [0.25, 0.3) is 0 Å². The van der Waals surface area contributed by atoms with Gasteiger partial charge in [-0.1, -0.05) is 150 Å². The molecule has 0 aromatic carbocycles. The average molecular weight is 669 g/mol. The molecule has 0 N–H and O–H groups in total. The molecule has 0 rings (SSSR count). The van der Waals surface area contributed by atoms with Crippen molar-refractivity contribution in [1.82, 2.24) is 0 Å². The molecule has 0 aromatic heterocycles. The lowest BCUT2D eigenvalue weighted by molar-refractivity contribution is -0.150. The highest BCUT2D eigenvalue weighted by atomic mass is 16.6. The molecule has 0 saturated carbocycles. The lowest BCUT2D eigenvalue weighted by atomic mass is 10.0. The van der Waals surface area contributed by atoms with E-state index in [-0.39, 0.29) is 30.8 Å². The van der Waals surface area contributed by atoms with Crippen LogP contribution in [0.4, 0.5) is 0 Å². The summed E-state index contributed by atoms with van der Waals surface area (Å²) in [7, 11) is 0. The van der Waals surface area contributed by atoms with Gasteiger partial charge in [-0.05, 0) is 51.4 Å². The first-order chi connectivity index (χ1) is 23.1. The van der Waals surface area contributed by atoms with E-state index in [9.17, 15) is 9.59 Å². The van der Waals surface area contributed by atoms with Crippen LogP contribution in [0.1, 0.15) is 214 Å². The molecular weight excluding hydrogens is 588 g/mol. The van der Waals surface area contributed by atoms with Crippen LogP contribution in [0, 0.1) is 0 Å². The largest absolute Gasteiger partial charge is 0.463 e. The third-order valence-corrected chi connectivity index (χ3v) is 9.05. The van der Waals surface area contributed by atoms with E-state index in [4.69, 9.17) is 18.9 Å². The molecule has 0 aliphatic heterocycles. The van der Waals surface area contributed by atoms with E-state index in [0.29, 0.717) is 26.1 Å². The van der Waals surface area contributed by atoms with Crippen molar-refractivity contribution in [2.45, 2.75) is 226 Å². The quantitative estimate of drug-likeness (QED) is 0.0481. The lowest BCUT2D eigenvalue weighted by Crippen LogP contribution is -2.28. The Kier molecular flexibility index (Phi) is 36.8. The van der Waals surface area contributed by atoms with Crippen molar-refractivity contribution in [2.75, 3.05) is 26.4 Å². The molecule has 0 aliphatic rings. The minimum absolute atomic E-state index is 0.0221. The molecule has 0 aliphatic carbocycles. The number of rotatable bonds is 38. The Bertz CT molecular complexity index is 654. The summed E-state index contributed by atoms with van der Waals surface area (Å²) in [5.74, 6) is -0.102. The van der Waals surface area contributed by atoms with Gasteiger partial charge in [-0.2, -0.15) is 0 Å². The van der Waals surface area contributed by atoms with Gasteiger partial charge in [0.15, 0.2) is 0 Å². The van der Waals surface area contributed by atoms with E-state index in [2.05, 4.69) is 27.7 Å². The first-order valence-electron chi connectivity index (χ1n) is 20.6. The van der Waals surface area contributed by atoms with Crippen LogP contribution in [-0.2, 0) is 28.5 Å². The SMILES string of the molecule is CCCCCCCCCCCC(=O)OC(CCCCCC)CCCCCCCCCCC(=O)OCC(COCCCC)OCCCC. The minimum Gasteiger partial charge on any atom is -0.463 e. The Labute approximate surface area is 292 Å². The van der Waals surface area contributed by atoms with E-state index >= 15 is 0 Å². The fourth-order valence-corrected chi connectivity index (χ4v) is 5.85. The standard InChI is InChI=1S/C41H80O6/c1-5-9-13-15-16-17-22-25-29-33-41(43)47-38(30-26-14-10-6-2)31-27-23-20-18-19-21-24-28-32-40(42)46-37-39(45-35-12-8-4)36-44-34-11-7-3/h38-39H,5-37H2,1-4H3. The second-order valence-electron chi connectivity index (χ2n) is 13.9. The van der Waals surface area contributed by atoms with E-state index in [1.807, 2.05) is 0 Å². The molecule has 0 fully saturated rings. The molecule has 2 unspecified atom stereocenters. The summed E-state index contributed by atoms with van der Waals surface area (Å²) in [6, 6.07) is 0. The second kappa shape index (κ2) is 37.7. The fraction of sp³-hybridized carbons (Fsp3) is 0.951. The summed E-state index contributed by atoms with van der Waals surface area (Å²) < 4.78 is 23.1. The van der Waals surface area contributed by atoms with Gasteiger partial charge < -0.3 is 18.9 Å². The zero-order valence-corrected chi connectivity index (χ0v) is 31.9. The molecular formula is C41H80O6. The molecule has 2 atom stereocenters. The van der Waals surface area contributed by atoms with Crippen LogP contribution in [0.5, 0.6) is 0 Å². The van der Waals surface area contributed by atoms with Gasteiger partial charge in [0.25, 0.3) is 0 Å². The lowest BCUT2D eigenvalue weighted by Gasteiger charge is -2.18. The van der Waals surface area contributed by atoms with Gasteiger partial charge in [0.2, 0.25) is 0 Å². The highest BCUT2D eigenvalue weighted by Crippen LogP contribution is 2.18. The molecule has 0 saturated heterocycles. The normalized spacial score (nSPS) is 12.7. The van der Waals surface area contributed by atoms with Crippen LogP contribution in [0.15, 0.2) is 0 Å². The third-order valence-electron chi connectivity index (χ3n) is 9.05. The maximum Gasteiger partial charge on any atom is 0.306 e. The summed E-state index contributed by atoms with van der Waals surface area (Å²) in [5, 5.41) is 0. The molecule has 0 aromatic rings. The predicted molar refractivity (Wildman–Crippen MR) is 198 cm³/mol. The first kappa shape index (κ1) is 45.9. The molecule has 0 bridgehead atoms. The summed E-state index contributed by atoms with van der Waals surface area (Å²) in [5.41, 5.74) is 0. The van der Waals surface area contributed by atoms with Gasteiger partial charge in [0, 0.05) is 26.1 Å². The molecule has 0 amide bonds. The van der Waals surface area contributed by atoms with E-state index in [1.165, 1.54) is 89.9 Å². The number of hydrogen-bond acceptors (Lipinski definition) is 6. The molecule has 0 spiro atoms. The zero-order valence-electron chi connectivity index (χ0n) is 31.9. The number of carbonyl (C=O) groups excluding carboxylic acids is 2.